The monoisotopic (exact) mass is 378 g/mol. The fraction of sp³-hybridized carbons (Fsp3) is 0.471. The molecular formula is C17H22N4O6. The van der Waals surface area contributed by atoms with E-state index in [9.17, 15) is 24.9 Å². The number of aryl methyl sites for hydroxylation is 2. The van der Waals surface area contributed by atoms with E-state index in [2.05, 4.69) is 15.6 Å². The summed E-state index contributed by atoms with van der Waals surface area (Å²) in [6.07, 6.45) is -5.53. The Morgan fingerprint density at radius 3 is 2.48 bits per heavy atom. The first-order valence-electron chi connectivity index (χ1n) is 8.46. The number of hydrogen-bond donors (Lipinski definition) is 6. The number of anilines is 1. The molecule has 10 heteroatoms. The number of imide groups is 1. The summed E-state index contributed by atoms with van der Waals surface area (Å²) in [5, 5.41) is 43.6. The molecule has 10 nitrogen and oxygen atoms in total. The molecule has 1 unspecified atom stereocenters. The van der Waals surface area contributed by atoms with Gasteiger partial charge in [-0.25, -0.2) is 9.79 Å². The molecule has 3 rings (SSSR count). The van der Waals surface area contributed by atoms with E-state index in [0.717, 1.165) is 11.1 Å². The third kappa shape index (κ3) is 3.52. The molecule has 0 radical (unpaired) electrons. The van der Waals surface area contributed by atoms with Gasteiger partial charge in [-0.2, -0.15) is 0 Å². The third-order valence-electron chi connectivity index (χ3n) is 4.80. The van der Waals surface area contributed by atoms with E-state index in [-0.39, 0.29) is 12.3 Å². The zero-order valence-electron chi connectivity index (χ0n) is 14.9. The van der Waals surface area contributed by atoms with Crippen LogP contribution in [0.2, 0.25) is 0 Å². The first kappa shape index (κ1) is 19.2. The Bertz CT molecular complexity index is 811. The van der Waals surface area contributed by atoms with Crippen LogP contribution in [-0.2, 0) is 4.79 Å². The van der Waals surface area contributed by atoms with Gasteiger partial charge in [-0.05, 0) is 37.1 Å². The number of benzene rings is 1. The molecule has 27 heavy (non-hydrogen) atoms. The van der Waals surface area contributed by atoms with Crippen molar-refractivity contribution in [2.45, 2.75) is 38.3 Å². The van der Waals surface area contributed by atoms with E-state index < -0.39 is 43.0 Å². The smallest absolute Gasteiger partial charge is 0.323 e. The molecule has 4 atom stereocenters. The molecule has 0 spiro atoms. The van der Waals surface area contributed by atoms with Gasteiger partial charge in [-0.15, -0.1) is 0 Å². The predicted molar refractivity (Wildman–Crippen MR) is 95.9 cm³/mol. The molecular weight excluding hydrogens is 356 g/mol. The molecule has 2 aliphatic heterocycles. The van der Waals surface area contributed by atoms with Gasteiger partial charge in [0.15, 0.2) is 6.17 Å². The molecule has 0 bridgehead atoms. The summed E-state index contributed by atoms with van der Waals surface area (Å²) in [5.74, 6) is -0.650. The van der Waals surface area contributed by atoms with Crippen molar-refractivity contribution in [1.82, 2.24) is 10.6 Å². The normalized spacial score (nSPS) is 22.1. The topological polar surface area (TPSA) is 155 Å². The number of nitrogens with zero attached hydrogens (tertiary/aromatic N) is 2. The van der Waals surface area contributed by atoms with Crippen LogP contribution in [0.25, 0.3) is 0 Å². The number of carbonyl (C=O) groups is 2. The number of amides is 3. The summed E-state index contributed by atoms with van der Waals surface area (Å²) in [6, 6.07) is 2.90. The maximum absolute atomic E-state index is 12.2. The van der Waals surface area contributed by atoms with E-state index in [1.54, 1.807) is 11.0 Å². The summed E-state index contributed by atoms with van der Waals surface area (Å²) in [7, 11) is 0. The lowest BCUT2D eigenvalue weighted by Crippen LogP contribution is -2.67. The molecule has 6 N–H and O–H groups in total. The minimum absolute atomic E-state index is 0.0507. The highest BCUT2D eigenvalue weighted by Crippen LogP contribution is 2.37. The van der Waals surface area contributed by atoms with Gasteiger partial charge in [-0.3, -0.25) is 10.1 Å². The molecule has 0 aliphatic carbocycles. The van der Waals surface area contributed by atoms with Crippen LogP contribution in [0.3, 0.4) is 0 Å². The third-order valence-corrected chi connectivity index (χ3v) is 4.80. The zero-order chi connectivity index (χ0) is 19.9. The minimum atomic E-state index is -1.61. The van der Waals surface area contributed by atoms with Crippen LogP contribution in [0.1, 0.15) is 11.1 Å². The van der Waals surface area contributed by atoms with Crippen LogP contribution in [0.15, 0.2) is 17.1 Å². The Hall–Kier alpha value is -2.53. The highest BCUT2D eigenvalue weighted by atomic mass is 16.4. The molecule has 3 amide bonds. The second-order valence-corrected chi connectivity index (χ2v) is 6.71. The molecule has 1 aromatic rings. The van der Waals surface area contributed by atoms with Crippen molar-refractivity contribution in [1.29, 1.82) is 0 Å². The number of aliphatic hydroxyl groups excluding tert-OH is 4. The number of nitrogens with one attached hydrogen (secondary N) is 2. The largest absolute Gasteiger partial charge is 0.394 e. The Kier molecular flexibility index (Phi) is 5.16. The molecule has 0 saturated carbocycles. The van der Waals surface area contributed by atoms with Gasteiger partial charge in [0, 0.05) is 6.54 Å². The van der Waals surface area contributed by atoms with Gasteiger partial charge >= 0.3 is 6.03 Å². The standard InChI is InChI=1S/C17H22N4O6/c1-7-3-9-10(4-8(7)2)21(5-11(23)14(25)12(24)6-22)15-13(18-9)16(26)20-17(27)19-15/h3-4,11-12,14-15,22-25H,5-6H2,1-2H3,(H2,19,20,26,27)/t11-,12+,14-,15?/m1/s1. The Balaban J connectivity index is 2.02. The molecule has 2 heterocycles. The molecule has 1 fully saturated rings. The first-order valence-corrected chi connectivity index (χ1v) is 8.46. The van der Waals surface area contributed by atoms with Gasteiger partial charge in [-0.1, -0.05) is 0 Å². The quantitative estimate of drug-likeness (QED) is 0.362. The molecule has 2 aliphatic rings. The number of aliphatic hydroxyl groups is 4. The molecule has 146 valence electrons. The second kappa shape index (κ2) is 7.24. The van der Waals surface area contributed by atoms with E-state index in [1.165, 1.54) is 0 Å². The maximum Gasteiger partial charge on any atom is 0.323 e. The van der Waals surface area contributed by atoms with Crippen molar-refractivity contribution in [2.75, 3.05) is 18.1 Å². The summed E-state index contributed by atoms with van der Waals surface area (Å²) in [5.41, 5.74) is 2.99. The lowest BCUT2D eigenvalue weighted by Gasteiger charge is -2.41. The Morgan fingerprint density at radius 1 is 1.15 bits per heavy atom. The summed E-state index contributed by atoms with van der Waals surface area (Å²) < 4.78 is 0. The van der Waals surface area contributed by atoms with Gasteiger partial charge < -0.3 is 30.6 Å². The SMILES string of the molecule is Cc1cc2c(cc1C)N(C[C@@H](O)[C@@H](O)[C@@H](O)CO)C1NC(=O)NC(=O)C1=N2. The molecule has 1 aromatic carbocycles. The Labute approximate surface area is 155 Å². The van der Waals surface area contributed by atoms with Crippen LogP contribution >= 0.6 is 0 Å². The van der Waals surface area contributed by atoms with Gasteiger partial charge in [0.1, 0.15) is 24.0 Å². The van der Waals surface area contributed by atoms with Gasteiger partial charge in [0.05, 0.1) is 18.0 Å². The molecule has 0 aromatic heterocycles. The van der Waals surface area contributed by atoms with Crippen LogP contribution in [0.5, 0.6) is 0 Å². The number of aliphatic imine (C=N–C) groups is 1. The van der Waals surface area contributed by atoms with Crippen LogP contribution < -0.4 is 15.5 Å². The number of carbonyl (C=O) groups excluding carboxylic acids is 2. The number of β-amino-alcohol motifs (C(OH)–C–C–N with tert-alkyl or cyclic N) is 1. The van der Waals surface area contributed by atoms with Crippen molar-refractivity contribution in [3.05, 3.63) is 23.3 Å². The van der Waals surface area contributed by atoms with Crippen LogP contribution in [0.4, 0.5) is 16.2 Å². The average molecular weight is 378 g/mol. The van der Waals surface area contributed by atoms with Gasteiger partial charge in [0.2, 0.25) is 0 Å². The predicted octanol–water partition coefficient (Wildman–Crippen LogP) is -1.56. The van der Waals surface area contributed by atoms with Crippen molar-refractivity contribution in [3.63, 3.8) is 0 Å². The number of urea groups is 1. The Morgan fingerprint density at radius 2 is 1.81 bits per heavy atom. The summed E-state index contributed by atoms with van der Waals surface area (Å²) >= 11 is 0. The second-order valence-electron chi connectivity index (χ2n) is 6.71. The zero-order valence-corrected chi connectivity index (χ0v) is 14.9. The van der Waals surface area contributed by atoms with Gasteiger partial charge in [0.25, 0.3) is 5.91 Å². The lowest BCUT2D eigenvalue weighted by atomic mass is 10.0. The minimum Gasteiger partial charge on any atom is -0.394 e. The van der Waals surface area contributed by atoms with E-state index in [4.69, 9.17) is 5.11 Å². The van der Waals surface area contributed by atoms with E-state index in [1.807, 2.05) is 19.9 Å². The number of rotatable bonds is 5. The number of hydrogen-bond acceptors (Lipinski definition) is 8. The van der Waals surface area contributed by atoms with Crippen LogP contribution in [-0.4, -0.2) is 75.7 Å². The van der Waals surface area contributed by atoms with Crippen molar-refractivity contribution >= 4 is 29.0 Å². The van der Waals surface area contributed by atoms with Crippen LogP contribution in [0, 0.1) is 13.8 Å². The fourth-order valence-corrected chi connectivity index (χ4v) is 3.11. The van der Waals surface area contributed by atoms with Crippen molar-refractivity contribution < 1.29 is 30.0 Å². The lowest BCUT2D eigenvalue weighted by molar-refractivity contribution is -0.114. The summed E-state index contributed by atoms with van der Waals surface area (Å²) in [6.45, 7) is 2.85. The van der Waals surface area contributed by atoms with E-state index >= 15 is 0 Å². The average Bonchev–Trinajstić information content (AvgIpc) is 2.62. The van der Waals surface area contributed by atoms with Crippen molar-refractivity contribution in [2.24, 2.45) is 4.99 Å². The van der Waals surface area contributed by atoms with E-state index in [0.29, 0.717) is 11.4 Å². The summed E-state index contributed by atoms with van der Waals surface area (Å²) in [4.78, 5) is 29.9. The van der Waals surface area contributed by atoms with Crippen molar-refractivity contribution in [3.8, 4) is 0 Å². The maximum atomic E-state index is 12.2. The number of fused-ring (bicyclic) bond motifs is 2. The fourth-order valence-electron chi connectivity index (χ4n) is 3.11. The highest BCUT2D eigenvalue weighted by molar-refractivity contribution is 6.46. The first-order chi connectivity index (χ1) is 12.7. The highest BCUT2D eigenvalue weighted by Gasteiger charge is 2.41. The molecule has 1 saturated heterocycles.